The molecule has 0 saturated carbocycles. The first kappa shape index (κ1) is 26.1. The van der Waals surface area contributed by atoms with Crippen LogP contribution in [0.1, 0.15) is 50.6 Å². The average Bonchev–Trinajstić information content (AvgIpc) is 3.44. The van der Waals surface area contributed by atoms with E-state index in [4.69, 9.17) is 4.98 Å². The molecule has 5 rings (SSSR count). The van der Waals surface area contributed by atoms with Crippen molar-refractivity contribution in [2.75, 3.05) is 42.5 Å². The molecule has 0 aliphatic carbocycles. The highest BCUT2D eigenvalue weighted by atomic mass is 16.1. The Labute approximate surface area is 225 Å². The molecule has 8 nitrogen and oxygen atoms in total. The first-order chi connectivity index (χ1) is 18.6. The fraction of sp³-hybridized carbons (Fsp3) is 0.467. The molecular formula is C30H39N7O. The van der Waals surface area contributed by atoms with Crippen molar-refractivity contribution in [1.29, 1.82) is 0 Å². The normalized spacial score (nSPS) is 19.9. The van der Waals surface area contributed by atoms with Gasteiger partial charge in [-0.15, -0.1) is 0 Å². The number of rotatable bonds is 9. The van der Waals surface area contributed by atoms with E-state index in [0.717, 1.165) is 32.7 Å². The summed E-state index contributed by atoms with van der Waals surface area (Å²) in [7, 11) is 1.78. The van der Waals surface area contributed by atoms with E-state index in [1.54, 1.807) is 23.9 Å². The minimum absolute atomic E-state index is 0.0947. The van der Waals surface area contributed by atoms with Gasteiger partial charge in [0.05, 0.1) is 11.4 Å². The molecular weight excluding hydrogens is 474 g/mol. The van der Waals surface area contributed by atoms with Crippen LogP contribution in [0, 0.1) is 5.92 Å². The molecule has 8 heteroatoms. The maximum absolute atomic E-state index is 12.7. The van der Waals surface area contributed by atoms with Gasteiger partial charge in [-0.3, -0.25) is 9.36 Å². The lowest BCUT2D eigenvalue weighted by atomic mass is 10.0. The maximum Gasteiger partial charge on any atom is 0.255 e. The number of nitrogens with zero attached hydrogens (tertiary/aromatic N) is 6. The third-order valence-electron chi connectivity index (χ3n) is 7.68. The van der Waals surface area contributed by atoms with E-state index in [9.17, 15) is 4.79 Å². The Morgan fingerprint density at radius 3 is 2.71 bits per heavy atom. The second kappa shape index (κ2) is 12.3. The molecule has 0 amide bonds. The maximum atomic E-state index is 12.7. The third kappa shape index (κ3) is 6.13. The number of hydrogen-bond acceptors (Lipinski definition) is 7. The second-order valence-corrected chi connectivity index (χ2v) is 10.4. The molecule has 0 bridgehead atoms. The molecule has 1 N–H and O–H groups in total. The SMILES string of the molecule is CCCCC/C=C\[C@H]1CCN(c2ccc([C@H]3CN(c4nc(-c5ccncn5)cc(=O)n4C)CCN3)cc2)C1. The highest BCUT2D eigenvalue weighted by molar-refractivity contribution is 5.55. The Bertz CT molecular complexity index is 1270. The minimum Gasteiger partial charge on any atom is -0.371 e. The monoisotopic (exact) mass is 513 g/mol. The van der Waals surface area contributed by atoms with Gasteiger partial charge in [-0.25, -0.2) is 15.0 Å². The fourth-order valence-corrected chi connectivity index (χ4v) is 5.44. The van der Waals surface area contributed by atoms with Crippen LogP contribution in [0.4, 0.5) is 11.6 Å². The molecule has 200 valence electrons. The summed E-state index contributed by atoms with van der Waals surface area (Å²) in [6.45, 7) is 6.80. The minimum atomic E-state index is -0.0947. The highest BCUT2D eigenvalue weighted by Gasteiger charge is 2.25. The van der Waals surface area contributed by atoms with Crippen molar-refractivity contribution < 1.29 is 0 Å². The summed E-state index contributed by atoms with van der Waals surface area (Å²) in [5.74, 6) is 1.32. The number of piperazine rings is 1. The van der Waals surface area contributed by atoms with Gasteiger partial charge < -0.3 is 15.1 Å². The van der Waals surface area contributed by atoms with Gasteiger partial charge in [-0.2, -0.15) is 0 Å². The molecule has 0 unspecified atom stereocenters. The molecule has 2 saturated heterocycles. The fourth-order valence-electron chi connectivity index (χ4n) is 5.44. The van der Waals surface area contributed by atoms with Crippen molar-refractivity contribution in [3.63, 3.8) is 0 Å². The van der Waals surface area contributed by atoms with Crippen LogP contribution in [0.15, 0.2) is 65.9 Å². The summed E-state index contributed by atoms with van der Waals surface area (Å²) in [5, 5.41) is 3.65. The highest BCUT2D eigenvalue weighted by Crippen LogP contribution is 2.28. The van der Waals surface area contributed by atoms with Gasteiger partial charge in [-0.1, -0.05) is 44.1 Å². The zero-order chi connectivity index (χ0) is 26.3. The van der Waals surface area contributed by atoms with Crippen molar-refractivity contribution in [2.45, 2.75) is 45.1 Å². The number of anilines is 2. The van der Waals surface area contributed by atoms with Gasteiger partial charge in [0.2, 0.25) is 5.95 Å². The van der Waals surface area contributed by atoms with Crippen LogP contribution in [0.25, 0.3) is 11.4 Å². The molecule has 2 aliphatic heterocycles. The molecule has 2 aliphatic rings. The molecule has 0 spiro atoms. The zero-order valence-electron chi connectivity index (χ0n) is 22.6. The van der Waals surface area contributed by atoms with Crippen molar-refractivity contribution in [3.05, 3.63) is 77.0 Å². The standard InChI is InChI=1S/C30H39N7O/c1-3-4-5-6-7-8-23-14-17-36(20-23)25-11-9-24(10-12-25)28-21-37(18-16-32-28)30-34-27(19-29(38)35(30)2)26-13-15-31-22-33-26/h7-13,15,19,22-23,28,32H,3-6,14,16-18,20-21H2,1-2H3/b8-7-/t23-,28+/m0/s1. The van der Waals surface area contributed by atoms with Gasteiger partial charge >= 0.3 is 0 Å². The smallest absolute Gasteiger partial charge is 0.255 e. The van der Waals surface area contributed by atoms with E-state index in [-0.39, 0.29) is 11.6 Å². The van der Waals surface area contributed by atoms with E-state index in [1.807, 2.05) is 0 Å². The summed E-state index contributed by atoms with van der Waals surface area (Å²) < 4.78 is 1.62. The largest absolute Gasteiger partial charge is 0.371 e. The first-order valence-corrected chi connectivity index (χ1v) is 14.0. The Morgan fingerprint density at radius 2 is 1.92 bits per heavy atom. The molecule has 1 aromatic carbocycles. The Hall–Kier alpha value is -3.52. The zero-order valence-corrected chi connectivity index (χ0v) is 22.6. The summed E-state index contributed by atoms with van der Waals surface area (Å²) in [4.78, 5) is 30.5. The topological polar surface area (TPSA) is 79.2 Å². The van der Waals surface area contributed by atoms with Crippen LogP contribution < -0.4 is 20.7 Å². The van der Waals surface area contributed by atoms with Gasteiger partial charge in [-0.05, 0) is 48.9 Å². The molecule has 0 radical (unpaired) electrons. The van der Waals surface area contributed by atoms with Crippen LogP contribution in [0.5, 0.6) is 0 Å². The lowest BCUT2D eigenvalue weighted by Crippen LogP contribution is -2.47. The number of allylic oxidation sites excluding steroid dienone is 1. The molecule has 2 aromatic heterocycles. The van der Waals surface area contributed by atoms with Crippen LogP contribution >= 0.6 is 0 Å². The van der Waals surface area contributed by atoms with Crippen molar-refractivity contribution >= 4 is 11.6 Å². The van der Waals surface area contributed by atoms with Crippen LogP contribution in [-0.2, 0) is 7.05 Å². The molecule has 4 heterocycles. The van der Waals surface area contributed by atoms with Crippen LogP contribution in [0.3, 0.4) is 0 Å². The number of nitrogens with one attached hydrogen (secondary N) is 1. The predicted octanol–water partition coefficient (Wildman–Crippen LogP) is 4.35. The lowest BCUT2D eigenvalue weighted by Gasteiger charge is -2.35. The Balaban J connectivity index is 1.24. The summed E-state index contributed by atoms with van der Waals surface area (Å²) in [6.07, 6.45) is 14.3. The second-order valence-electron chi connectivity index (χ2n) is 10.4. The van der Waals surface area contributed by atoms with E-state index < -0.39 is 0 Å². The Morgan fingerprint density at radius 1 is 1.05 bits per heavy atom. The number of hydrogen-bond donors (Lipinski definition) is 1. The van der Waals surface area contributed by atoms with Crippen molar-refractivity contribution in [3.8, 4) is 11.4 Å². The number of benzene rings is 1. The van der Waals surface area contributed by atoms with E-state index in [0.29, 0.717) is 23.3 Å². The summed E-state index contributed by atoms with van der Waals surface area (Å²) in [5.41, 5.74) is 3.68. The first-order valence-electron chi connectivity index (χ1n) is 14.0. The predicted molar refractivity (Wildman–Crippen MR) is 154 cm³/mol. The van der Waals surface area contributed by atoms with E-state index in [2.05, 4.69) is 68.4 Å². The van der Waals surface area contributed by atoms with Gasteiger partial charge in [0.1, 0.15) is 6.33 Å². The number of unbranched alkanes of at least 4 members (excludes halogenated alkanes) is 3. The number of aromatic nitrogens is 4. The molecule has 3 aromatic rings. The average molecular weight is 514 g/mol. The third-order valence-corrected chi connectivity index (χ3v) is 7.68. The molecule has 38 heavy (non-hydrogen) atoms. The summed E-state index contributed by atoms with van der Waals surface area (Å²) >= 11 is 0. The summed E-state index contributed by atoms with van der Waals surface area (Å²) in [6, 6.07) is 12.5. The van der Waals surface area contributed by atoms with Crippen molar-refractivity contribution in [2.24, 2.45) is 13.0 Å². The molecule has 2 atom stereocenters. The van der Waals surface area contributed by atoms with Gasteiger partial charge in [0, 0.05) is 63.8 Å². The Kier molecular flexibility index (Phi) is 8.48. The van der Waals surface area contributed by atoms with Crippen LogP contribution in [-0.4, -0.2) is 52.2 Å². The lowest BCUT2D eigenvalue weighted by molar-refractivity contribution is 0.462. The van der Waals surface area contributed by atoms with Gasteiger partial charge in [0.25, 0.3) is 5.56 Å². The van der Waals surface area contributed by atoms with Crippen molar-refractivity contribution in [1.82, 2.24) is 24.8 Å². The van der Waals surface area contributed by atoms with Gasteiger partial charge in [0.15, 0.2) is 0 Å². The van der Waals surface area contributed by atoms with Crippen LogP contribution in [0.2, 0.25) is 0 Å². The quantitative estimate of drug-likeness (QED) is 0.337. The van der Waals surface area contributed by atoms with E-state index in [1.165, 1.54) is 55.7 Å². The van der Waals surface area contributed by atoms with E-state index >= 15 is 0 Å². The molecule has 2 fully saturated rings.